The number of aromatic nitrogens is 2. The molecule has 0 fully saturated rings. The van der Waals surface area contributed by atoms with Crippen LogP contribution in [0.5, 0.6) is 0 Å². The highest BCUT2D eigenvalue weighted by molar-refractivity contribution is 7.11. The van der Waals surface area contributed by atoms with Gasteiger partial charge in [0.05, 0.1) is 16.9 Å². The molecule has 2 aromatic heterocycles. The van der Waals surface area contributed by atoms with Crippen LogP contribution in [0, 0.1) is 19.7 Å². The number of thiazole rings is 1. The molecule has 0 amide bonds. The van der Waals surface area contributed by atoms with Gasteiger partial charge in [-0.05, 0) is 32.5 Å². The van der Waals surface area contributed by atoms with Crippen molar-refractivity contribution in [2.24, 2.45) is 0 Å². The summed E-state index contributed by atoms with van der Waals surface area (Å²) < 4.78 is 13.2. The van der Waals surface area contributed by atoms with Crippen LogP contribution in [0.15, 0.2) is 18.5 Å². The minimum Gasteiger partial charge on any atom is -0.313 e. The fourth-order valence-electron chi connectivity index (χ4n) is 1.81. The third-order valence-electron chi connectivity index (χ3n) is 2.93. The molecule has 96 valence electrons. The minimum absolute atomic E-state index is 0.0400. The zero-order valence-electron chi connectivity index (χ0n) is 10.7. The van der Waals surface area contributed by atoms with Gasteiger partial charge in [-0.2, -0.15) is 0 Å². The van der Waals surface area contributed by atoms with Crippen molar-refractivity contribution in [3.63, 3.8) is 0 Å². The maximum atomic E-state index is 13.2. The van der Waals surface area contributed by atoms with Crippen molar-refractivity contribution in [2.75, 3.05) is 7.05 Å². The molecular formula is C13H16FN3S. The molecule has 1 unspecified atom stereocenters. The first-order valence-electron chi connectivity index (χ1n) is 5.80. The summed E-state index contributed by atoms with van der Waals surface area (Å²) in [6.45, 7) is 4.07. The largest absolute Gasteiger partial charge is 0.313 e. The molecule has 0 aliphatic carbocycles. The van der Waals surface area contributed by atoms with E-state index in [1.54, 1.807) is 17.5 Å². The predicted octanol–water partition coefficient (Wildman–Crippen LogP) is 2.80. The summed E-state index contributed by atoms with van der Waals surface area (Å²) in [5, 5.41) is 4.25. The maximum absolute atomic E-state index is 13.2. The summed E-state index contributed by atoms with van der Waals surface area (Å²) in [6.07, 6.45) is 3.66. The molecule has 0 saturated carbocycles. The lowest BCUT2D eigenvalue weighted by Gasteiger charge is -2.14. The Morgan fingerprint density at radius 3 is 2.72 bits per heavy atom. The Morgan fingerprint density at radius 2 is 2.17 bits per heavy atom. The average molecular weight is 265 g/mol. The van der Waals surface area contributed by atoms with Gasteiger partial charge in [-0.25, -0.2) is 9.37 Å². The Kier molecular flexibility index (Phi) is 4.04. The lowest BCUT2D eigenvalue weighted by Crippen LogP contribution is -2.19. The van der Waals surface area contributed by atoms with E-state index in [0.717, 1.165) is 22.7 Å². The summed E-state index contributed by atoms with van der Waals surface area (Å²) in [7, 11) is 1.86. The van der Waals surface area contributed by atoms with Crippen molar-refractivity contribution in [3.8, 4) is 0 Å². The normalized spacial score (nSPS) is 12.7. The van der Waals surface area contributed by atoms with Crippen molar-refractivity contribution >= 4 is 11.3 Å². The number of nitrogens with zero attached hydrogens (tertiary/aromatic N) is 2. The van der Waals surface area contributed by atoms with Gasteiger partial charge in [0.1, 0.15) is 5.82 Å². The number of hydrogen-bond acceptors (Lipinski definition) is 4. The molecule has 5 heteroatoms. The maximum Gasteiger partial charge on any atom is 0.141 e. The van der Waals surface area contributed by atoms with E-state index in [2.05, 4.69) is 22.2 Å². The van der Waals surface area contributed by atoms with Crippen LogP contribution in [0.2, 0.25) is 0 Å². The standard InChI is InChI=1S/C13H16FN3S/c1-8-9(2)18-13(17-8)5-12(15-3)10-4-11(14)7-16-6-10/h4,6-7,12,15H,5H2,1-3H3. The van der Waals surface area contributed by atoms with Gasteiger partial charge in [0.15, 0.2) is 0 Å². The van der Waals surface area contributed by atoms with E-state index < -0.39 is 0 Å². The third kappa shape index (κ3) is 2.91. The number of rotatable bonds is 4. The van der Waals surface area contributed by atoms with Crippen LogP contribution in [0.25, 0.3) is 0 Å². The molecule has 0 spiro atoms. The van der Waals surface area contributed by atoms with E-state index in [1.807, 2.05) is 14.0 Å². The van der Waals surface area contributed by atoms with E-state index in [-0.39, 0.29) is 11.9 Å². The highest BCUT2D eigenvalue weighted by Crippen LogP contribution is 2.23. The summed E-state index contributed by atoms with van der Waals surface area (Å²) in [6, 6.07) is 1.56. The predicted molar refractivity (Wildman–Crippen MR) is 71.3 cm³/mol. The monoisotopic (exact) mass is 265 g/mol. The van der Waals surface area contributed by atoms with Crippen molar-refractivity contribution in [1.82, 2.24) is 15.3 Å². The Balaban J connectivity index is 2.19. The van der Waals surface area contributed by atoms with Crippen LogP contribution in [0.3, 0.4) is 0 Å². The van der Waals surface area contributed by atoms with E-state index >= 15 is 0 Å². The summed E-state index contributed by atoms with van der Waals surface area (Å²) >= 11 is 1.69. The quantitative estimate of drug-likeness (QED) is 0.923. The smallest absolute Gasteiger partial charge is 0.141 e. The van der Waals surface area contributed by atoms with Gasteiger partial charge in [-0.3, -0.25) is 4.98 Å². The second-order valence-corrected chi connectivity index (χ2v) is 5.52. The molecule has 18 heavy (non-hydrogen) atoms. The Labute approximate surface area is 110 Å². The second-order valence-electron chi connectivity index (χ2n) is 4.23. The zero-order chi connectivity index (χ0) is 13.1. The Morgan fingerprint density at radius 1 is 1.39 bits per heavy atom. The molecule has 2 rings (SSSR count). The highest BCUT2D eigenvalue weighted by Gasteiger charge is 2.14. The highest BCUT2D eigenvalue weighted by atomic mass is 32.1. The fraction of sp³-hybridized carbons (Fsp3) is 0.385. The molecule has 1 atom stereocenters. The van der Waals surface area contributed by atoms with Crippen LogP contribution >= 0.6 is 11.3 Å². The number of halogens is 1. The summed E-state index contributed by atoms with van der Waals surface area (Å²) in [5.74, 6) is -0.306. The average Bonchev–Trinajstić information content (AvgIpc) is 2.65. The van der Waals surface area contributed by atoms with Crippen molar-refractivity contribution < 1.29 is 4.39 Å². The number of nitrogens with one attached hydrogen (secondary N) is 1. The van der Waals surface area contributed by atoms with Crippen LogP contribution < -0.4 is 5.32 Å². The molecular weight excluding hydrogens is 249 g/mol. The third-order valence-corrected chi connectivity index (χ3v) is 4.02. The topological polar surface area (TPSA) is 37.8 Å². The van der Waals surface area contributed by atoms with E-state index in [9.17, 15) is 4.39 Å². The summed E-state index contributed by atoms with van der Waals surface area (Å²) in [5.41, 5.74) is 1.92. The number of aryl methyl sites for hydroxylation is 2. The van der Waals surface area contributed by atoms with Gasteiger partial charge in [0, 0.05) is 23.5 Å². The molecule has 0 aliphatic heterocycles. The van der Waals surface area contributed by atoms with Crippen molar-refractivity contribution in [2.45, 2.75) is 26.3 Å². The molecule has 0 bridgehead atoms. The summed E-state index contributed by atoms with van der Waals surface area (Å²) in [4.78, 5) is 9.63. The molecule has 3 nitrogen and oxygen atoms in total. The Bertz CT molecular complexity index is 519. The molecule has 2 aromatic rings. The molecule has 0 aliphatic rings. The first-order valence-corrected chi connectivity index (χ1v) is 6.62. The van der Waals surface area contributed by atoms with E-state index in [0.29, 0.717) is 0 Å². The number of pyridine rings is 1. The van der Waals surface area contributed by atoms with Crippen molar-refractivity contribution in [1.29, 1.82) is 0 Å². The van der Waals surface area contributed by atoms with Crippen LogP contribution in [-0.4, -0.2) is 17.0 Å². The minimum atomic E-state index is -0.306. The number of hydrogen-bond donors (Lipinski definition) is 1. The molecule has 0 aromatic carbocycles. The molecule has 1 N–H and O–H groups in total. The molecule has 2 heterocycles. The Hall–Kier alpha value is -1.33. The van der Waals surface area contributed by atoms with Crippen LogP contribution in [0.4, 0.5) is 4.39 Å². The first kappa shape index (κ1) is 13.1. The molecule has 0 saturated heterocycles. The van der Waals surface area contributed by atoms with E-state index in [4.69, 9.17) is 0 Å². The lowest BCUT2D eigenvalue weighted by molar-refractivity contribution is 0.570. The molecule has 0 radical (unpaired) electrons. The fourth-order valence-corrected chi connectivity index (χ4v) is 2.79. The number of likely N-dealkylation sites (N-methyl/N-ethyl adjacent to an activating group) is 1. The van der Waals surface area contributed by atoms with Gasteiger partial charge >= 0.3 is 0 Å². The van der Waals surface area contributed by atoms with Gasteiger partial charge in [-0.1, -0.05) is 0 Å². The van der Waals surface area contributed by atoms with Gasteiger partial charge in [0.25, 0.3) is 0 Å². The van der Waals surface area contributed by atoms with Gasteiger partial charge < -0.3 is 5.32 Å². The van der Waals surface area contributed by atoms with Crippen LogP contribution in [-0.2, 0) is 6.42 Å². The van der Waals surface area contributed by atoms with Gasteiger partial charge in [-0.15, -0.1) is 11.3 Å². The SMILES string of the molecule is CNC(Cc1nc(C)c(C)s1)c1cncc(F)c1. The lowest BCUT2D eigenvalue weighted by atomic mass is 10.1. The zero-order valence-corrected chi connectivity index (χ0v) is 11.5. The second kappa shape index (κ2) is 5.54. The van der Waals surface area contributed by atoms with E-state index in [1.165, 1.54) is 17.1 Å². The van der Waals surface area contributed by atoms with Crippen molar-refractivity contribution in [3.05, 3.63) is 45.4 Å². The van der Waals surface area contributed by atoms with Crippen LogP contribution in [0.1, 0.15) is 27.2 Å². The first-order chi connectivity index (χ1) is 8.60. The van der Waals surface area contributed by atoms with Gasteiger partial charge in [0.2, 0.25) is 0 Å².